The van der Waals surface area contributed by atoms with E-state index < -0.39 is 12.2 Å². The molecule has 0 fully saturated rings. The van der Waals surface area contributed by atoms with Gasteiger partial charge in [-0.15, -0.1) is 13.2 Å². The van der Waals surface area contributed by atoms with E-state index in [-0.39, 0.29) is 6.54 Å². The van der Waals surface area contributed by atoms with E-state index in [0.29, 0.717) is 9.26 Å². The first kappa shape index (κ1) is 13.2. The lowest BCUT2D eigenvalue weighted by molar-refractivity contribution is -0.276. The number of aromatic nitrogens is 1. The maximum Gasteiger partial charge on any atom is 0.574 e. The van der Waals surface area contributed by atoms with Crippen LogP contribution in [0.15, 0.2) is 6.07 Å². The summed E-state index contributed by atoms with van der Waals surface area (Å²) >= 11 is 3.80. The smallest absolute Gasteiger partial charge is 0.388 e. The van der Waals surface area contributed by atoms with Crippen molar-refractivity contribution in [3.63, 3.8) is 0 Å². The summed E-state index contributed by atoms with van der Waals surface area (Å²) in [6.07, 6.45) is -4.73. The third-order valence-corrected chi connectivity index (χ3v) is 4.43. The van der Waals surface area contributed by atoms with Crippen molar-refractivity contribution in [2.75, 3.05) is 0 Å². The van der Waals surface area contributed by atoms with Gasteiger partial charge in [0.15, 0.2) is 0 Å². The molecule has 0 amide bonds. The van der Waals surface area contributed by atoms with Crippen molar-refractivity contribution in [1.29, 1.82) is 0 Å². The van der Waals surface area contributed by atoms with Gasteiger partial charge in [-0.05, 0) is 50.7 Å². The van der Waals surface area contributed by atoms with Crippen LogP contribution in [0.2, 0.25) is 0 Å². The molecular formula is C7H5F3I2N2O. The molecule has 0 atom stereocenters. The Kier molecular flexibility index (Phi) is 4.40. The van der Waals surface area contributed by atoms with Gasteiger partial charge >= 0.3 is 6.36 Å². The van der Waals surface area contributed by atoms with Crippen LogP contribution in [0, 0.1) is 7.27 Å². The van der Waals surface area contributed by atoms with Crippen LogP contribution in [0.4, 0.5) is 13.2 Å². The van der Waals surface area contributed by atoms with Crippen molar-refractivity contribution in [3.05, 3.63) is 18.9 Å². The van der Waals surface area contributed by atoms with E-state index in [4.69, 9.17) is 5.73 Å². The Morgan fingerprint density at radius 3 is 2.47 bits per heavy atom. The first-order chi connectivity index (χ1) is 6.83. The molecule has 8 heteroatoms. The molecule has 1 aromatic rings. The van der Waals surface area contributed by atoms with Gasteiger partial charge < -0.3 is 10.5 Å². The zero-order chi connectivity index (χ0) is 11.6. The first-order valence-electron chi connectivity index (χ1n) is 3.64. The van der Waals surface area contributed by atoms with E-state index in [1.807, 2.05) is 45.2 Å². The second-order valence-electron chi connectivity index (χ2n) is 2.48. The first-order valence-corrected chi connectivity index (χ1v) is 5.80. The van der Waals surface area contributed by atoms with Crippen LogP contribution >= 0.6 is 45.2 Å². The fourth-order valence-corrected chi connectivity index (χ4v) is 1.92. The average Bonchev–Trinajstić information content (AvgIpc) is 2.08. The Bertz CT molecular complexity index is 370. The molecule has 2 N–H and O–H groups in total. The van der Waals surface area contributed by atoms with Crippen LogP contribution in [0.5, 0.6) is 5.88 Å². The molecule has 1 heterocycles. The van der Waals surface area contributed by atoms with Gasteiger partial charge in [-0.1, -0.05) is 0 Å². The van der Waals surface area contributed by atoms with Crippen molar-refractivity contribution in [3.8, 4) is 5.88 Å². The lowest BCUT2D eigenvalue weighted by Gasteiger charge is -2.10. The Morgan fingerprint density at radius 2 is 2.00 bits per heavy atom. The predicted molar refractivity (Wildman–Crippen MR) is 64.2 cm³/mol. The Morgan fingerprint density at radius 1 is 1.40 bits per heavy atom. The van der Waals surface area contributed by atoms with E-state index in [1.54, 1.807) is 0 Å². The summed E-state index contributed by atoms with van der Waals surface area (Å²) in [5.74, 6) is -0.479. The average molecular weight is 444 g/mol. The molecule has 0 saturated carbocycles. The summed E-state index contributed by atoms with van der Waals surface area (Å²) in [5, 5.41) is 0. The summed E-state index contributed by atoms with van der Waals surface area (Å²) in [6, 6.07) is 1.19. The third kappa shape index (κ3) is 3.90. The topological polar surface area (TPSA) is 48.1 Å². The van der Waals surface area contributed by atoms with Crippen LogP contribution in [0.1, 0.15) is 5.56 Å². The van der Waals surface area contributed by atoms with E-state index >= 15 is 0 Å². The number of nitrogens with zero attached hydrogens (tertiary/aromatic N) is 1. The Labute approximate surface area is 111 Å². The SMILES string of the molecule is NCc1cc(OC(F)(F)F)nc(I)c1I. The van der Waals surface area contributed by atoms with E-state index in [2.05, 4.69) is 9.72 Å². The molecule has 0 bridgehead atoms. The minimum absolute atomic E-state index is 0.144. The van der Waals surface area contributed by atoms with Gasteiger partial charge in [0.25, 0.3) is 0 Å². The monoisotopic (exact) mass is 444 g/mol. The zero-order valence-corrected chi connectivity index (χ0v) is 11.4. The highest BCUT2D eigenvalue weighted by Crippen LogP contribution is 2.26. The second-order valence-corrected chi connectivity index (χ2v) is 4.58. The largest absolute Gasteiger partial charge is 0.574 e. The van der Waals surface area contributed by atoms with Gasteiger partial charge in [0.2, 0.25) is 5.88 Å². The molecule has 1 aromatic heterocycles. The molecule has 1 rings (SSSR count). The Hall–Kier alpha value is 0.160. The standard InChI is InChI=1S/C7H5F3I2N2O/c8-7(9,10)15-4-1-3(2-13)5(11)6(12)14-4/h1H,2,13H2. The number of nitrogens with two attached hydrogens (primary N) is 1. The molecule has 0 unspecified atom stereocenters. The molecule has 0 radical (unpaired) electrons. The quantitative estimate of drug-likeness (QED) is 0.564. The van der Waals surface area contributed by atoms with E-state index in [1.165, 1.54) is 6.07 Å². The maximum atomic E-state index is 11.9. The number of hydrogen-bond acceptors (Lipinski definition) is 3. The van der Waals surface area contributed by atoms with E-state index in [0.717, 1.165) is 3.57 Å². The lowest BCUT2D eigenvalue weighted by atomic mass is 10.3. The molecule has 0 aliphatic carbocycles. The fraction of sp³-hybridized carbons (Fsp3) is 0.286. The van der Waals surface area contributed by atoms with Gasteiger partial charge in [-0.3, -0.25) is 0 Å². The second kappa shape index (κ2) is 4.99. The number of alkyl halides is 3. The van der Waals surface area contributed by atoms with Crippen LogP contribution in [0.3, 0.4) is 0 Å². The Balaban J connectivity index is 3.06. The minimum Gasteiger partial charge on any atom is -0.388 e. The van der Waals surface area contributed by atoms with E-state index in [9.17, 15) is 13.2 Å². The van der Waals surface area contributed by atoms with Gasteiger partial charge in [0.1, 0.15) is 3.70 Å². The highest BCUT2D eigenvalue weighted by Gasteiger charge is 2.32. The number of hydrogen-bond donors (Lipinski definition) is 1. The number of pyridine rings is 1. The molecule has 0 aliphatic heterocycles. The highest BCUT2D eigenvalue weighted by molar-refractivity contribution is 14.1. The molecule has 0 saturated heterocycles. The molecule has 0 aromatic carbocycles. The summed E-state index contributed by atoms with van der Waals surface area (Å²) in [7, 11) is 0. The summed E-state index contributed by atoms with van der Waals surface area (Å²) in [4.78, 5) is 3.65. The summed E-state index contributed by atoms with van der Waals surface area (Å²) < 4.78 is 40.6. The van der Waals surface area contributed by atoms with Gasteiger partial charge in [0.05, 0.1) is 0 Å². The van der Waals surface area contributed by atoms with Crippen LogP contribution in [-0.4, -0.2) is 11.3 Å². The minimum atomic E-state index is -4.73. The fourth-order valence-electron chi connectivity index (χ4n) is 0.842. The molecule has 0 spiro atoms. The van der Waals surface area contributed by atoms with Crippen molar-refractivity contribution >= 4 is 45.2 Å². The normalized spacial score (nSPS) is 11.6. The van der Waals surface area contributed by atoms with Crippen molar-refractivity contribution < 1.29 is 17.9 Å². The summed E-state index contributed by atoms with van der Waals surface area (Å²) in [5.41, 5.74) is 5.96. The maximum absolute atomic E-state index is 11.9. The third-order valence-electron chi connectivity index (χ3n) is 1.41. The van der Waals surface area contributed by atoms with Gasteiger partial charge in [-0.2, -0.15) is 0 Å². The van der Waals surface area contributed by atoms with Gasteiger partial charge in [-0.25, -0.2) is 4.98 Å². The highest BCUT2D eigenvalue weighted by atomic mass is 127. The lowest BCUT2D eigenvalue weighted by Crippen LogP contribution is -2.19. The molecule has 84 valence electrons. The molecule has 3 nitrogen and oxygen atoms in total. The molecule has 0 aliphatic rings. The molecular weight excluding hydrogens is 439 g/mol. The number of rotatable bonds is 2. The number of ether oxygens (including phenoxy) is 1. The molecule has 15 heavy (non-hydrogen) atoms. The predicted octanol–water partition coefficient (Wildman–Crippen LogP) is 2.65. The number of halogens is 5. The van der Waals surface area contributed by atoms with Crippen molar-refractivity contribution in [1.82, 2.24) is 4.98 Å². The summed E-state index contributed by atoms with van der Waals surface area (Å²) in [6.45, 7) is 0.144. The van der Waals surface area contributed by atoms with Gasteiger partial charge in [0, 0.05) is 16.2 Å². The zero-order valence-electron chi connectivity index (χ0n) is 7.11. The van der Waals surface area contributed by atoms with Crippen molar-refractivity contribution in [2.45, 2.75) is 12.9 Å². The van der Waals surface area contributed by atoms with Crippen LogP contribution < -0.4 is 10.5 Å². The van der Waals surface area contributed by atoms with Crippen LogP contribution in [0.25, 0.3) is 0 Å². The van der Waals surface area contributed by atoms with Crippen molar-refractivity contribution in [2.24, 2.45) is 5.73 Å². The van der Waals surface area contributed by atoms with Crippen LogP contribution in [-0.2, 0) is 6.54 Å².